The number of amides is 1. The van der Waals surface area contributed by atoms with Gasteiger partial charge in [-0.2, -0.15) is 0 Å². The second-order valence-corrected chi connectivity index (χ2v) is 7.23. The first kappa shape index (κ1) is 16.0. The van der Waals surface area contributed by atoms with Gasteiger partial charge in [0, 0.05) is 41.7 Å². The molecule has 1 fully saturated rings. The van der Waals surface area contributed by atoms with Crippen LogP contribution in [0, 0.1) is 0 Å². The average molecular weight is 353 g/mol. The van der Waals surface area contributed by atoms with E-state index in [-0.39, 0.29) is 5.91 Å². The van der Waals surface area contributed by atoms with Gasteiger partial charge in [-0.25, -0.2) is 9.97 Å². The predicted octanol–water partition coefficient (Wildman–Crippen LogP) is 2.76. The molecule has 0 spiro atoms. The minimum atomic E-state index is -0.351. The van der Waals surface area contributed by atoms with Crippen molar-refractivity contribution in [2.75, 3.05) is 6.54 Å². The summed E-state index contributed by atoms with van der Waals surface area (Å²) in [7, 11) is 0. The summed E-state index contributed by atoms with van der Waals surface area (Å²) in [6.45, 7) is 1.86. The molecule has 1 unspecified atom stereocenters. The molecule has 3 aromatic rings. The summed E-state index contributed by atoms with van der Waals surface area (Å²) < 4.78 is 2.03. The second-order valence-electron chi connectivity index (χ2n) is 6.11. The number of nitrogens with two attached hydrogens (primary N) is 1. The molecule has 6 nitrogen and oxygen atoms in total. The van der Waals surface area contributed by atoms with Gasteiger partial charge in [-0.3, -0.25) is 14.3 Å². The van der Waals surface area contributed by atoms with E-state index in [0.29, 0.717) is 16.9 Å². The Morgan fingerprint density at radius 3 is 2.84 bits per heavy atom. The summed E-state index contributed by atoms with van der Waals surface area (Å²) in [5.41, 5.74) is 6.55. The number of hydrogen-bond acceptors (Lipinski definition) is 5. The lowest BCUT2D eigenvalue weighted by Crippen LogP contribution is -2.23. The minimum absolute atomic E-state index is 0.332. The fourth-order valence-corrected chi connectivity index (χ4v) is 4.40. The Morgan fingerprint density at radius 1 is 1.24 bits per heavy atom. The number of primary amides is 1. The molecule has 0 aliphatic carbocycles. The van der Waals surface area contributed by atoms with E-state index in [1.165, 1.54) is 16.2 Å². The number of likely N-dealkylation sites (tertiary alicyclic amines) is 1. The van der Waals surface area contributed by atoms with Gasteiger partial charge in [0.15, 0.2) is 0 Å². The molecular formula is C18H19N5OS. The number of rotatable bonds is 5. The third-order valence-electron chi connectivity index (χ3n) is 4.53. The van der Waals surface area contributed by atoms with Crippen molar-refractivity contribution in [1.29, 1.82) is 0 Å². The molecule has 128 valence electrons. The number of thiophene rings is 1. The van der Waals surface area contributed by atoms with Crippen molar-refractivity contribution in [2.45, 2.75) is 25.4 Å². The Balaban J connectivity index is 1.56. The molecule has 1 saturated heterocycles. The lowest BCUT2D eigenvalue weighted by Gasteiger charge is -2.24. The highest BCUT2D eigenvalue weighted by molar-refractivity contribution is 7.14. The Morgan fingerprint density at radius 2 is 2.08 bits per heavy atom. The van der Waals surface area contributed by atoms with Crippen molar-refractivity contribution in [3.8, 4) is 5.95 Å². The number of carbonyl (C=O) groups is 1. The molecule has 1 aliphatic rings. The molecule has 0 radical (unpaired) electrons. The van der Waals surface area contributed by atoms with E-state index in [2.05, 4.69) is 20.9 Å². The van der Waals surface area contributed by atoms with Gasteiger partial charge in [0.05, 0.1) is 4.88 Å². The van der Waals surface area contributed by atoms with Crippen LogP contribution in [0.25, 0.3) is 5.95 Å². The van der Waals surface area contributed by atoms with Crippen LogP contribution in [-0.4, -0.2) is 31.9 Å². The zero-order valence-electron chi connectivity index (χ0n) is 13.7. The lowest BCUT2D eigenvalue weighted by atomic mass is 10.2. The van der Waals surface area contributed by atoms with Crippen molar-refractivity contribution >= 4 is 17.2 Å². The normalized spacial score (nSPS) is 17.8. The van der Waals surface area contributed by atoms with Crippen molar-refractivity contribution in [2.24, 2.45) is 5.73 Å². The molecule has 1 aliphatic heterocycles. The summed E-state index contributed by atoms with van der Waals surface area (Å²) in [6.07, 6.45) is 7.74. The molecule has 4 rings (SSSR count). The summed E-state index contributed by atoms with van der Waals surface area (Å²) in [5.74, 6) is 0.335. The highest BCUT2D eigenvalue weighted by atomic mass is 32.1. The topological polar surface area (TPSA) is 77.0 Å². The molecule has 3 aromatic heterocycles. The van der Waals surface area contributed by atoms with Gasteiger partial charge in [-0.05, 0) is 49.7 Å². The van der Waals surface area contributed by atoms with Crippen molar-refractivity contribution in [3.05, 3.63) is 64.4 Å². The van der Waals surface area contributed by atoms with Crippen LogP contribution in [0.1, 0.15) is 39.1 Å². The SMILES string of the molecule is NC(=O)c1ccc(C2CCCN2Cc2cccn2-c2ncccn2)s1. The number of nitrogens with zero attached hydrogens (tertiary/aromatic N) is 4. The van der Waals surface area contributed by atoms with Crippen molar-refractivity contribution < 1.29 is 4.79 Å². The summed E-state index contributed by atoms with van der Waals surface area (Å²) in [5, 5.41) is 0. The highest BCUT2D eigenvalue weighted by Gasteiger charge is 2.28. The molecule has 1 atom stereocenters. The third kappa shape index (κ3) is 3.20. The molecule has 7 heteroatoms. The van der Waals surface area contributed by atoms with Crippen molar-refractivity contribution in [3.63, 3.8) is 0 Å². The Hall–Kier alpha value is -2.51. The first-order valence-corrected chi connectivity index (χ1v) is 9.11. The molecule has 25 heavy (non-hydrogen) atoms. The van der Waals surface area contributed by atoms with Crippen LogP contribution < -0.4 is 5.73 Å². The van der Waals surface area contributed by atoms with Gasteiger partial charge in [-0.15, -0.1) is 11.3 Å². The lowest BCUT2D eigenvalue weighted by molar-refractivity contribution is 0.100. The van der Waals surface area contributed by atoms with Crippen LogP contribution in [0.5, 0.6) is 0 Å². The monoisotopic (exact) mass is 353 g/mol. The predicted molar refractivity (Wildman–Crippen MR) is 96.6 cm³/mol. The van der Waals surface area contributed by atoms with Crippen LogP contribution >= 0.6 is 11.3 Å². The van der Waals surface area contributed by atoms with Gasteiger partial charge >= 0.3 is 0 Å². The Kier molecular flexibility index (Phi) is 4.33. The van der Waals surface area contributed by atoms with Crippen LogP contribution in [-0.2, 0) is 6.54 Å². The van der Waals surface area contributed by atoms with E-state index < -0.39 is 0 Å². The fraction of sp³-hybridized carbons (Fsp3) is 0.278. The summed E-state index contributed by atoms with van der Waals surface area (Å²) in [6, 6.07) is 10.1. The van der Waals surface area contributed by atoms with E-state index in [9.17, 15) is 4.79 Å². The van der Waals surface area contributed by atoms with Crippen LogP contribution in [0.3, 0.4) is 0 Å². The van der Waals surface area contributed by atoms with Crippen LogP contribution in [0.4, 0.5) is 0 Å². The van der Waals surface area contributed by atoms with Gasteiger partial charge in [0.25, 0.3) is 5.91 Å². The van der Waals surface area contributed by atoms with E-state index in [1.807, 2.05) is 35.0 Å². The Labute approximate surface area is 149 Å². The number of aromatic nitrogens is 3. The van der Waals surface area contributed by atoms with Crippen molar-refractivity contribution in [1.82, 2.24) is 19.4 Å². The van der Waals surface area contributed by atoms with E-state index in [4.69, 9.17) is 5.73 Å². The maximum atomic E-state index is 11.4. The standard InChI is InChI=1S/C18H19N5OS/c19-17(24)16-7-6-15(25-16)14-5-2-10-22(14)12-13-4-1-11-23(13)18-20-8-3-9-21-18/h1,3-4,6-9,11,14H,2,5,10,12H2,(H2,19,24). The summed E-state index contributed by atoms with van der Waals surface area (Å²) in [4.78, 5) is 24.3. The molecule has 1 amide bonds. The van der Waals surface area contributed by atoms with E-state index >= 15 is 0 Å². The van der Waals surface area contributed by atoms with Crippen LogP contribution in [0.15, 0.2) is 48.9 Å². The third-order valence-corrected chi connectivity index (χ3v) is 5.73. The zero-order valence-corrected chi connectivity index (χ0v) is 14.5. The number of hydrogen-bond donors (Lipinski definition) is 1. The van der Waals surface area contributed by atoms with Gasteiger partial charge in [0.1, 0.15) is 0 Å². The molecule has 2 N–H and O–H groups in total. The average Bonchev–Trinajstić information content (AvgIpc) is 3.36. The first-order chi connectivity index (χ1) is 12.2. The van der Waals surface area contributed by atoms with Crippen LogP contribution in [0.2, 0.25) is 0 Å². The quantitative estimate of drug-likeness (QED) is 0.765. The zero-order chi connectivity index (χ0) is 17.2. The first-order valence-electron chi connectivity index (χ1n) is 8.29. The molecule has 0 aromatic carbocycles. The fourth-order valence-electron chi connectivity index (χ4n) is 3.37. The van der Waals surface area contributed by atoms with E-state index in [0.717, 1.165) is 31.6 Å². The maximum absolute atomic E-state index is 11.4. The smallest absolute Gasteiger partial charge is 0.258 e. The van der Waals surface area contributed by atoms with E-state index in [1.54, 1.807) is 12.4 Å². The molecular weight excluding hydrogens is 334 g/mol. The minimum Gasteiger partial charge on any atom is -0.365 e. The molecule has 0 bridgehead atoms. The Bertz CT molecular complexity index is 872. The largest absolute Gasteiger partial charge is 0.365 e. The van der Waals surface area contributed by atoms with Gasteiger partial charge in [-0.1, -0.05) is 0 Å². The molecule has 4 heterocycles. The van der Waals surface area contributed by atoms with Gasteiger partial charge < -0.3 is 5.73 Å². The number of carbonyl (C=O) groups excluding carboxylic acids is 1. The summed E-state index contributed by atoms with van der Waals surface area (Å²) >= 11 is 1.51. The maximum Gasteiger partial charge on any atom is 0.258 e. The molecule has 0 saturated carbocycles. The van der Waals surface area contributed by atoms with Gasteiger partial charge in [0.2, 0.25) is 5.95 Å². The second kappa shape index (κ2) is 6.78. The highest BCUT2D eigenvalue weighted by Crippen LogP contribution is 2.36.